The Balaban J connectivity index is 2.01. The molecular formula is C25H33N5O2. The highest BCUT2D eigenvalue weighted by atomic mass is 16.5. The summed E-state index contributed by atoms with van der Waals surface area (Å²) in [6, 6.07) is 17.4. The number of amides is 2. The molecule has 2 amide bonds. The fraction of sp³-hybridized carbons (Fsp3) is 0.360. The summed E-state index contributed by atoms with van der Waals surface area (Å²) in [6.45, 7) is 4.58. The minimum absolute atomic E-state index is 0.0311. The SMILES string of the molecule is CC[C@H](C)N(Cc1c(-c2ccccc2)nn(C)c1N(C)C)C(=O)Nc1ccccc1OC. The van der Waals surface area contributed by atoms with Crippen molar-refractivity contribution in [2.75, 3.05) is 31.4 Å². The zero-order chi connectivity index (χ0) is 23.3. The lowest BCUT2D eigenvalue weighted by molar-refractivity contribution is 0.187. The number of rotatable bonds is 8. The average Bonchev–Trinajstić information content (AvgIpc) is 3.13. The number of carbonyl (C=O) groups is 1. The van der Waals surface area contributed by atoms with Crippen LogP contribution < -0.4 is 15.0 Å². The largest absolute Gasteiger partial charge is 0.495 e. The summed E-state index contributed by atoms with van der Waals surface area (Å²) in [7, 11) is 7.53. The summed E-state index contributed by atoms with van der Waals surface area (Å²) in [4.78, 5) is 17.3. The molecule has 7 nitrogen and oxygen atoms in total. The van der Waals surface area contributed by atoms with Gasteiger partial charge in [0, 0.05) is 38.3 Å². The number of carbonyl (C=O) groups excluding carboxylic acids is 1. The van der Waals surface area contributed by atoms with Gasteiger partial charge in [-0.05, 0) is 25.5 Å². The highest BCUT2D eigenvalue weighted by Gasteiger charge is 2.26. The number of benzene rings is 2. The van der Waals surface area contributed by atoms with Gasteiger partial charge in [0.15, 0.2) is 0 Å². The molecule has 32 heavy (non-hydrogen) atoms. The van der Waals surface area contributed by atoms with Gasteiger partial charge in [-0.1, -0.05) is 49.4 Å². The fourth-order valence-electron chi connectivity index (χ4n) is 3.85. The Morgan fingerprint density at radius 3 is 2.41 bits per heavy atom. The van der Waals surface area contributed by atoms with Crippen LogP contribution in [-0.4, -0.2) is 48.0 Å². The fourth-order valence-corrected chi connectivity index (χ4v) is 3.85. The van der Waals surface area contributed by atoms with E-state index in [-0.39, 0.29) is 12.1 Å². The number of nitrogens with one attached hydrogen (secondary N) is 1. The molecule has 1 atom stereocenters. The normalized spacial score (nSPS) is 11.7. The molecule has 7 heteroatoms. The number of anilines is 2. The van der Waals surface area contributed by atoms with E-state index >= 15 is 0 Å². The molecule has 1 aromatic heterocycles. The molecule has 0 saturated heterocycles. The highest BCUT2D eigenvalue weighted by molar-refractivity contribution is 5.91. The third-order valence-electron chi connectivity index (χ3n) is 5.64. The van der Waals surface area contributed by atoms with E-state index < -0.39 is 0 Å². The van der Waals surface area contributed by atoms with Gasteiger partial charge in [0.25, 0.3) is 0 Å². The van der Waals surface area contributed by atoms with Gasteiger partial charge in [-0.25, -0.2) is 4.79 Å². The second-order valence-corrected chi connectivity index (χ2v) is 8.05. The molecule has 0 radical (unpaired) electrons. The number of hydrogen-bond donors (Lipinski definition) is 1. The van der Waals surface area contributed by atoms with Crippen molar-refractivity contribution in [1.29, 1.82) is 0 Å². The van der Waals surface area contributed by atoms with Crippen LogP contribution in [0.2, 0.25) is 0 Å². The third-order valence-corrected chi connectivity index (χ3v) is 5.64. The molecule has 0 aliphatic heterocycles. The Kier molecular flexibility index (Phi) is 7.41. The molecule has 2 aromatic carbocycles. The van der Waals surface area contributed by atoms with E-state index in [1.165, 1.54) is 0 Å². The Morgan fingerprint density at radius 1 is 1.12 bits per heavy atom. The van der Waals surface area contributed by atoms with Gasteiger partial charge in [0.05, 0.1) is 25.0 Å². The molecule has 0 saturated carbocycles. The quantitative estimate of drug-likeness (QED) is 0.541. The lowest BCUT2D eigenvalue weighted by atomic mass is 10.1. The molecule has 1 heterocycles. The van der Waals surface area contributed by atoms with E-state index in [0.29, 0.717) is 18.0 Å². The number of para-hydroxylation sites is 2. The Bertz CT molecular complexity index is 1050. The van der Waals surface area contributed by atoms with Crippen molar-refractivity contribution >= 4 is 17.5 Å². The van der Waals surface area contributed by atoms with Gasteiger partial charge < -0.3 is 19.9 Å². The van der Waals surface area contributed by atoms with Gasteiger partial charge >= 0.3 is 6.03 Å². The summed E-state index contributed by atoms with van der Waals surface area (Å²) in [5.74, 6) is 1.60. The van der Waals surface area contributed by atoms with Crippen LogP contribution in [0.15, 0.2) is 54.6 Å². The predicted molar refractivity (Wildman–Crippen MR) is 130 cm³/mol. The lowest BCUT2D eigenvalue weighted by Crippen LogP contribution is -2.41. The monoisotopic (exact) mass is 435 g/mol. The zero-order valence-electron chi connectivity index (χ0n) is 19.8. The molecule has 0 unspecified atom stereocenters. The average molecular weight is 436 g/mol. The maximum Gasteiger partial charge on any atom is 0.322 e. The van der Waals surface area contributed by atoms with E-state index in [2.05, 4.69) is 19.2 Å². The minimum Gasteiger partial charge on any atom is -0.495 e. The molecule has 0 spiro atoms. The Morgan fingerprint density at radius 2 is 1.78 bits per heavy atom. The van der Waals surface area contributed by atoms with Crippen LogP contribution in [0, 0.1) is 0 Å². The zero-order valence-corrected chi connectivity index (χ0v) is 19.8. The first kappa shape index (κ1) is 23.2. The van der Waals surface area contributed by atoms with Crippen molar-refractivity contribution in [2.24, 2.45) is 7.05 Å². The van der Waals surface area contributed by atoms with Crippen LogP contribution in [0.5, 0.6) is 5.75 Å². The summed E-state index contributed by atoms with van der Waals surface area (Å²) < 4.78 is 7.29. The van der Waals surface area contributed by atoms with Crippen LogP contribution in [0.25, 0.3) is 11.3 Å². The van der Waals surface area contributed by atoms with Gasteiger partial charge in [-0.2, -0.15) is 5.10 Å². The molecule has 3 rings (SSSR count). The van der Waals surface area contributed by atoms with Crippen molar-refractivity contribution in [3.8, 4) is 17.0 Å². The van der Waals surface area contributed by atoms with Crippen LogP contribution in [0.1, 0.15) is 25.8 Å². The number of hydrogen-bond acceptors (Lipinski definition) is 4. The topological polar surface area (TPSA) is 62.6 Å². The molecule has 0 fully saturated rings. The van der Waals surface area contributed by atoms with Crippen LogP contribution in [0.3, 0.4) is 0 Å². The summed E-state index contributed by atoms with van der Waals surface area (Å²) in [5, 5.41) is 7.84. The van der Waals surface area contributed by atoms with Gasteiger partial charge in [-0.15, -0.1) is 0 Å². The van der Waals surface area contributed by atoms with Crippen molar-refractivity contribution in [2.45, 2.75) is 32.9 Å². The second-order valence-electron chi connectivity index (χ2n) is 8.05. The number of aryl methyl sites for hydroxylation is 1. The van der Waals surface area contributed by atoms with Crippen molar-refractivity contribution in [1.82, 2.24) is 14.7 Å². The second kappa shape index (κ2) is 10.2. The molecule has 0 bridgehead atoms. The van der Waals surface area contributed by atoms with Gasteiger partial charge in [-0.3, -0.25) is 4.68 Å². The van der Waals surface area contributed by atoms with E-state index in [4.69, 9.17) is 9.84 Å². The minimum atomic E-state index is -0.170. The van der Waals surface area contributed by atoms with E-state index in [9.17, 15) is 4.79 Å². The maximum atomic E-state index is 13.4. The van der Waals surface area contributed by atoms with Crippen LogP contribution in [0.4, 0.5) is 16.3 Å². The first-order valence-electron chi connectivity index (χ1n) is 10.9. The van der Waals surface area contributed by atoms with Gasteiger partial charge in [0.2, 0.25) is 0 Å². The molecule has 170 valence electrons. The molecular weight excluding hydrogens is 402 g/mol. The first-order chi connectivity index (χ1) is 15.4. The number of nitrogens with zero attached hydrogens (tertiary/aromatic N) is 4. The molecule has 1 N–H and O–H groups in total. The van der Waals surface area contributed by atoms with Gasteiger partial charge in [0.1, 0.15) is 11.6 Å². The maximum absolute atomic E-state index is 13.4. The van der Waals surface area contributed by atoms with Crippen molar-refractivity contribution < 1.29 is 9.53 Å². The molecule has 0 aliphatic rings. The summed E-state index contributed by atoms with van der Waals surface area (Å²) in [5.41, 5.74) is 3.57. The summed E-state index contributed by atoms with van der Waals surface area (Å²) in [6.07, 6.45) is 0.831. The standard InChI is InChI=1S/C25H33N5O2/c1-7-18(2)30(25(31)26-21-15-11-12-16-22(21)32-6)17-20-23(19-13-9-8-10-14-19)27-29(5)24(20)28(3)4/h8-16,18H,7,17H2,1-6H3,(H,26,31)/t18-/m0/s1. The third kappa shape index (κ3) is 4.88. The lowest BCUT2D eigenvalue weighted by Gasteiger charge is -2.30. The van der Waals surface area contributed by atoms with Crippen molar-refractivity contribution in [3.05, 3.63) is 60.2 Å². The highest BCUT2D eigenvalue weighted by Crippen LogP contribution is 2.32. The molecule has 3 aromatic rings. The van der Waals surface area contributed by atoms with E-state index in [0.717, 1.165) is 29.1 Å². The predicted octanol–water partition coefficient (Wildman–Crippen LogP) is 4.99. The van der Waals surface area contributed by atoms with E-state index in [1.807, 2.05) is 90.2 Å². The van der Waals surface area contributed by atoms with Crippen molar-refractivity contribution in [3.63, 3.8) is 0 Å². The smallest absolute Gasteiger partial charge is 0.322 e. The Hall–Kier alpha value is -3.48. The first-order valence-corrected chi connectivity index (χ1v) is 10.9. The number of ether oxygens (including phenoxy) is 1. The van der Waals surface area contributed by atoms with Crippen LogP contribution in [-0.2, 0) is 13.6 Å². The van der Waals surface area contributed by atoms with E-state index in [1.54, 1.807) is 7.11 Å². The molecule has 0 aliphatic carbocycles. The Labute approximate surface area is 190 Å². The summed E-state index contributed by atoms with van der Waals surface area (Å²) >= 11 is 0. The van der Waals surface area contributed by atoms with Crippen LogP contribution >= 0.6 is 0 Å². The number of methoxy groups -OCH3 is 1. The number of urea groups is 1. The number of aromatic nitrogens is 2.